The summed E-state index contributed by atoms with van der Waals surface area (Å²) in [5, 5.41) is 9.47. The summed E-state index contributed by atoms with van der Waals surface area (Å²) in [4.78, 5) is 11.8. The van der Waals surface area contributed by atoms with Crippen molar-refractivity contribution in [3.8, 4) is 22.3 Å². The van der Waals surface area contributed by atoms with Gasteiger partial charge in [0.25, 0.3) is 0 Å². The van der Waals surface area contributed by atoms with Gasteiger partial charge in [-0.2, -0.15) is 13.2 Å². The average Bonchev–Trinajstić information content (AvgIpc) is 2.83. The Morgan fingerprint density at radius 3 is 1.92 bits per heavy atom. The highest BCUT2D eigenvalue weighted by atomic mass is 35.5. The van der Waals surface area contributed by atoms with Crippen LogP contribution in [0.3, 0.4) is 0 Å². The predicted octanol–water partition coefficient (Wildman–Crippen LogP) is 8.92. The number of aryl methyl sites for hydroxylation is 1. The molecule has 36 heavy (non-hydrogen) atoms. The molecule has 2 nitrogen and oxygen atoms in total. The van der Waals surface area contributed by atoms with Crippen molar-refractivity contribution in [1.29, 1.82) is 0 Å². The Labute approximate surface area is 216 Å². The summed E-state index contributed by atoms with van der Waals surface area (Å²) in [6.07, 6.45) is -4.48. The molecule has 0 radical (unpaired) electrons. The Bertz CT molecular complexity index is 1380. The number of halogens is 4. The number of alkyl halides is 3. The van der Waals surface area contributed by atoms with Gasteiger partial charge in [0.1, 0.15) is 0 Å². The van der Waals surface area contributed by atoms with E-state index in [0.717, 1.165) is 44.8 Å². The zero-order chi connectivity index (χ0) is 25.9. The predicted molar refractivity (Wildman–Crippen MR) is 139 cm³/mol. The Kier molecular flexibility index (Phi) is 7.76. The van der Waals surface area contributed by atoms with E-state index in [-0.39, 0.29) is 6.42 Å². The molecule has 0 spiro atoms. The number of rotatable bonds is 7. The highest BCUT2D eigenvalue weighted by Gasteiger charge is 2.30. The molecule has 0 aliphatic carbocycles. The standard InChI is InChI=1S/C29H22ClF3O2S/c1-18-2-5-21(6-3-18)23-12-20(17-36-27-11-4-19(14-26(27)30)15-28(34)35)13-24(16-23)22-7-9-25(10-8-22)29(31,32)33/h2-14,16H,15,17H2,1H3,(H,34,35). The van der Waals surface area contributed by atoms with Gasteiger partial charge in [-0.1, -0.05) is 71.8 Å². The zero-order valence-corrected chi connectivity index (χ0v) is 20.8. The van der Waals surface area contributed by atoms with Crippen molar-refractivity contribution in [2.24, 2.45) is 0 Å². The van der Waals surface area contributed by atoms with Crippen LogP contribution in [0.25, 0.3) is 22.3 Å². The number of carboxylic acids is 1. The second-order valence-corrected chi connectivity index (χ2v) is 9.91. The van der Waals surface area contributed by atoms with Crippen molar-refractivity contribution in [2.45, 2.75) is 30.2 Å². The van der Waals surface area contributed by atoms with Gasteiger partial charge in [-0.05, 0) is 70.6 Å². The first-order chi connectivity index (χ1) is 17.1. The highest BCUT2D eigenvalue weighted by Crippen LogP contribution is 2.36. The summed E-state index contributed by atoms with van der Waals surface area (Å²) in [6.45, 7) is 2.01. The molecule has 0 unspecified atom stereocenters. The van der Waals surface area contributed by atoms with Gasteiger partial charge in [0.2, 0.25) is 0 Å². The number of benzene rings is 4. The lowest BCUT2D eigenvalue weighted by atomic mass is 9.95. The molecular formula is C29H22ClF3O2S. The van der Waals surface area contributed by atoms with E-state index in [1.807, 2.05) is 49.4 Å². The van der Waals surface area contributed by atoms with Crippen LogP contribution in [0, 0.1) is 6.92 Å². The molecule has 0 saturated heterocycles. The Morgan fingerprint density at radius 1 is 0.806 bits per heavy atom. The van der Waals surface area contributed by atoms with Gasteiger partial charge >= 0.3 is 12.1 Å². The molecule has 4 rings (SSSR count). The van der Waals surface area contributed by atoms with Crippen molar-refractivity contribution in [2.75, 3.05) is 0 Å². The van der Waals surface area contributed by atoms with Crippen molar-refractivity contribution >= 4 is 29.3 Å². The lowest BCUT2D eigenvalue weighted by Crippen LogP contribution is -2.04. The fraction of sp³-hybridized carbons (Fsp3) is 0.138. The first-order valence-electron chi connectivity index (χ1n) is 11.1. The summed E-state index contributed by atoms with van der Waals surface area (Å²) in [5.41, 5.74) is 5.55. The minimum atomic E-state index is -4.39. The molecule has 0 atom stereocenters. The number of thioether (sulfide) groups is 1. The number of carboxylic acid groups (broad SMARTS) is 1. The molecule has 0 aliphatic heterocycles. The van der Waals surface area contributed by atoms with Crippen LogP contribution in [-0.2, 0) is 23.1 Å². The molecule has 0 bridgehead atoms. The van der Waals surface area contributed by atoms with Crippen LogP contribution in [-0.4, -0.2) is 11.1 Å². The topological polar surface area (TPSA) is 37.3 Å². The minimum Gasteiger partial charge on any atom is -0.481 e. The molecule has 0 amide bonds. The van der Waals surface area contributed by atoms with Crippen molar-refractivity contribution in [1.82, 2.24) is 0 Å². The quantitative estimate of drug-likeness (QED) is 0.244. The third-order valence-corrected chi connectivity index (χ3v) is 7.24. The van der Waals surface area contributed by atoms with Gasteiger partial charge in [-0.3, -0.25) is 4.79 Å². The maximum absolute atomic E-state index is 13.0. The monoisotopic (exact) mass is 526 g/mol. The minimum absolute atomic E-state index is 0.0975. The molecule has 184 valence electrons. The van der Waals surface area contributed by atoms with Crippen LogP contribution in [0.2, 0.25) is 5.02 Å². The van der Waals surface area contributed by atoms with Gasteiger partial charge in [0.15, 0.2) is 0 Å². The van der Waals surface area contributed by atoms with Crippen LogP contribution < -0.4 is 0 Å². The molecule has 4 aromatic rings. The van der Waals surface area contributed by atoms with Gasteiger partial charge in [-0.15, -0.1) is 11.8 Å². The largest absolute Gasteiger partial charge is 0.481 e. The van der Waals surface area contributed by atoms with Crippen LogP contribution in [0.4, 0.5) is 13.2 Å². The lowest BCUT2D eigenvalue weighted by Gasteiger charge is -2.13. The van der Waals surface area contributed by atoms with E-state index in [0.29, 0.717) is 21.9 Å². The fourth-order valence-corrected chi connectivity index (χ4v) is 5.03. The molecule has 0 fully saturated rings. The van der Waals surface area contributed by atoms with Crippen LogP contribution >= 0.6 is 23.4 Å². The molecule has 0 aliphatic rings. The van der Waals surface area contributed by atoms with E-state index in [4.69, 9.17) is 16.7 Å². The second-order valence-electron chi connectivity index (χ2n) is 8.48. The molecule has 0 saturated carbocycles. The molecule has 4 aromatic carbocycles. The normalized spacial score (nSPS) is 11.5. The number of aliphatic carboxylic acids is 1. The Balaban J connectivity index is 1.66. The third kappa shape index (κ3) is 6.50. The van der Waals surface area contributed by atoms with E-state index < -0.39 is 17.7 Å². The van der Waals surface area contributed by atoms with E-state index in [1.165, 1.54) is 23.9 Å². The SMILES string of the molecule is Cc1ccc(-c2cc(CSc3ccc(CC(=O)O)cc3Cl)cc(-c3ccc(C(F)(F)F)cc3)c2)cc1. The van der Waals surface area contributed by atoms with Crippen molar-refractivity contribution < 1.29 is 23.1 Å². The number of hydrogen-bond donors (Lipinski definition) is 1. The van der Waals surface area contributed by atoms with Crippen LogP contribution in [0.5, 0.6) is 0 Å². The van der Waals surface area contributed by atoms with Crippen molar-refractivity contribution in [3.63, 3.8) is 0 Å². The fourth-order valence-electron chi connectivity index (χ4n) is 3.81. The first-order valence-corrected chi connectivity index (χ1v) is 12.5. The molecule has 0 heterocycles. The van der Waals surface area contributed by atoms with E-state index in [1.54, 1.807) is 12.1 Å². The summed E-state index contributed by atoms with van der Waals surface area (Å²) >= 11 is 7.91. The maximum atomic E-state index is 13.0. The van der Waals surface area contributed by atoms with Gasteiger partial charge in [-0.25, -0.2) is 0 Å². The third-order valence-electron chi connectivity index (χ3n) is 5.67. The van der Waals surface area contributed by atoms with Crippen molar-refractivity contribution in [3.05, 3.63) is 112 Å². The van der Waals surface area contributed by atoms with Crippen LogP contribution in [0.1, 0.15) is 22.3 Å². The molecule has 7 heteroatoms. The van der Waals surface area contributed by atoms with E-state index in [2.05, 4.69) is 6.07 Å². The molecular weight excluding hydrogens is 505 g/mol. The summed E-state index contributed by atoms with van der Waals surface area (Å²) in [6, 6.07) is 24.5. The molecule has 0 aromatic heterocycles. The van der Waals surface area contributed by atoms with E-state index >= 15 is 0 Å². The van der Waals surface area contributed by atoms with Crippen LogP contribution in [0.15, 0.2) is 89.8 Å². The average molecular weight is 527 g/mol. The Hall–Kier alpha value is -3.22. The van der Waals surface area contributed by atoms with Gasteiger partial charge < -0.3 is 5.11 Å². The summed E-state index contributed by atoms with van der Waals surface area (Å²) in [5.74, 6) is -0.346. The smallest absolute Gasteiger partial charge is 0.416 e. The maximum Gasteiger partial charge on any atom is 0.416 e. The first kappa shape index (κ1) is 25.9. The summed E-state index contributed by atoms with van der Waals surface area (Å²) < 4.78 is 39.1. The number of carbonyl (C=O) groups is 1. The summed E-state index contributed by atoms with van der Waals surface area (Å²) in [7, 11) is 0. The Morgan fingerprint density at radius 2 is 1.39 bits per heavy atom. The second kappa shape index (κ2) is 10.8. The zero-order valence-electron chi connectivity index (χ0n) is 19.3. The highest BCUT2D eigenvalue weighted by molar-refractivity contribution is 7.98. The van der Waals surface area contributed by atoms with E-state index in [9.17, 15) is 18.0 Å². The number of hydrogen-bond acceptors (Lipinski definition) is 2. The van der Waals surface area contributed by atoms with Gasteiger partial charge in [0.05, 0.1) is 17.0 Å². The van der Waals surface area contributed by atoms with Gasteiger partial charge in [0, 0.05) is 10.6 Å². The molecule has 1 N–H and O–H groups in total. The lowest BCUT2D eigenvalue weighted by molar-refractivity contribution is -0.138.